The molecule has 0 fully saturated rings. The Balaban J connectivity index is 1.75. The first kappa shape index (κ1) is 29.0. The molecule has 0 aliphatic rings. The van der Waals surface area contributed by atoms with Gasteiger partial charge in [-0.3, -0.25) is 0 Å². The number of nitrogens with zero attached hydrogens (tertiary/aromatic N) is 4. The molecule has 0 saturated heterocycles. The number of rotatable bonds is 10. The molecule has 1 unspecified atom stereocenters. The number of ether oxygens (including phenoxy) is 1. The van der Waals surface area contributed by atoms with Crippen molar-refractivity contribution >= 4 is 34.1 Å². The summed E-state index contributed by atoms with van der Waals surface area (Å²) in [5.41, 5.74) is 1.98. The summed E-state index contributed by atoms with van der Waals surface area (Å²) in [7, 11) is 0. The smallest absolute Gasteiger partial charge is 0.337 e. The van der Waals surface area contributed by atoms with Crippen LogP contribution < -0.4 is 15.9 Å². The Hall–Kier alpha value is -5.06. The van der Waals surface area contributed by atoms with Crippen LogP contribution in [0.1, 0.15) is 29.9 Å². The molecule has 0 aliphatic carbocycles. The number of tetrazole rings is 1. The summed E-state index contributed by atoms with van der Waals surface area (Å²) in [6, 6.07) is 50.5. The number of carbonyl (C=O) groups is 1. The van der Waals surface area contributed by atoms with Gasteiger partial charge in [0.05, 0.1) is 6.61 Å². The van der Waals surface area contributed by atoms with Crippen molar-refractivity contribution in [2.24, 2.45) is 0 Å². The minimum absolute atomic E-state index is 0.219. The van der Waals surface area contributed by atoms with Crippen LogP contribution in [0.25, 0.3) is 0 Å². The first-order chi connectivity index (χ1) is 21.7. The van der Waals surface area contributed by atoms with Gasteiger partial charge in [0.2, 0.25) is 0 Å². The van der Waals surface area contributed by atoms with Gasteiger partial charge in [-0.1, -0.05) is 152 Å². The highest BCUT2D eigenvalue weighted by Crippen LogP contribution is 2.50. The van der Waals surface area contributed by atoms with Crippen molar-refractivity contribution in [3.8, 4) is 0 Å². The maximum atomic E-state index is 14.3. The van der Waals surface area contributed by atoms with Crippen molar-refractivity contribution in [1.82, 2.24) is 20.2 Å². The van der Waals surface area contributed by atoms with E-state index in [0.29, 0.717) is 12.2 Å². The predicted molar refractivity (Wildman–Crippen MR) is 178 cm³/mol. The van der Waals surface area contributed by atoms with Crippen molar-refractivity contribution in [2.45, 2.75) is 19.4 Å². The number of benzene rings is 5. The second-order valence-electron chi connectivity index (χ2n) is 10.3. The molecule has 7 heteroatoms. The van der Waals surface area contributed by atoms with E-state index in [-0.39, 0.29) is 6.61 Å². The molecule has 0 amide bonds. The molecule has 0 radical (unpaired) electrons. The van der Waals surface area contributed by atoms with Crippen LogP contribution in [-0.2, 0) is 16.0 Å². The Labute approximate surface area is 258 Å². The van der Waals surface area contributed by atoms with Gasteiger partial charge in [0.1, 0.15) is 0 Å². The number of carbonyl (C=O) groups excluding carboxylic acids is 1. The first-order valence-corrected chi connectivity index (χ1v) is 16.5. The zero-order chi connectivity index (χ0) is 30.2. The molecule has 0 spiro atoms. The quantitative estimate of drug-likeness (QED) is 0.153. The van der Waals surface area contributed by atoms with Crippen LogP contribution in [0.5, 0.6) is 0 Å². The highest BCUT2D eigenvalue weighted by atomic mass is 31.2. The van der Waals surface area contributed by atoms with Crippen LogP contribution in [0.3, 0.4) is 0 Å². The standard InChI is InChI=1S/C37H33N4O2P/c1-2-43-37(42)35(41-39-34(38-40-41)28-29-18-8-3-9-19-29)36(30-20-10-4-11-21-30)44(31-22-12-5-13-23-31,32-24-14-6-15-25-32)33-26-16-7-17-27-33/h3-27,35H,2,28H2,1H3. The molecule has 1 heterocycles. The molecule has 6 rings (SSSR count). The molecular weight excluding hydrogens is 563 g/mol. The predicted octanol–water partition coefficient (Wildman–Crippen LogP) is 5.58. The number of hydrogen-bond donors (Lipinski definition) is 0. The monoisotopic (exact) mass is 596 g/mol. The summed E-state index contributed by atoms with van der Waals surface area (Å²) in [6.07, 6.45) is 0.493. The molecule has 44 heavy (non-hydrogen) atoms. The van der Waals surface area contributed by atoms with Crippen LogP contribution in [-0.4, -0.2) is 38.1 Å². The third-order valence-corrected chi connectivity index (χ3v) is 12.0. The molecule has 1 aromatic heterocycles. The van der Waals surface area contributed by atoms with Crippen LogP contribution >= 0.6 is 6.89 Å². The molecule has 5 aromatic carbocycles. The Bertz CT molecular complexity index is 1760. The Morgan fingerprint density at radius 1 is 0.682 bits per heavy atom. The maximum Gasteiger partial charge on any atom is 0.337 e. The van der Waals surface area contributed by atoms with Crippen molar-refractivity contribution in [2.75, 3.05) is 6.61 Å². The minimum atomic E-state index is -2.75. The van der Waals surface area contributed by atoms with E-state index in [1.54, 1.807) is 0 Å². The molecule has 6 aromatic rings. The lowest BCUT2D eigenvalue weighted by Crippen LogP contribution is -2.39. The fourth-order valence-corrected chi connectivity index (χ4v) is 10.4. The second kappa shape index (κ2) is 13.5. The largest absolute Gasteiger partial charge is 0.464 e. The number of hydrogen-bond acceptors (Lipinski definition) is 5. The maximum absolute atomic E-state index is 14.3. The summed E-state index contributed by atoms with van der Waals surface area (Å²) in [5, 5.41) is 18.0. The SMILES string of the molecule is CCOC(=O)C(C(c1ccccc1)=P(c1ccccc1)(c1ccccc1)c1ccccc1)n1nnc(Cc2ccccc2)n1. The van der Waals surface area contributed by atoms with E-state index in [4.69, 9.17) is 9.84 Å². The lowest BCUT2D eigenvalue weighted by molar-refractivity contribution is -0.145. The van der Waals surface area contributed by atoms with Crippen molar-refractivity contribution in [3.63, 3.8) is 0 Å². The molecule has 0 N–H and O–H groups in total. The van der Waals surface area contributed by atoms with E-state index in [9.17, 15) is 4.79 Å². The van der Waals surface area contributed by atoms with Crippen molar-refractivity contribution < 1.29 is 9.53 Å². The molecule has 6 nitrogen and oxygen atoms in total. The topological polar surface area (TPSA) is 69.9 Å². The zero-order valence-electron chi connectivity index (χ0n) is 24.5. The molecule has 0 bridgehead atoms. The normalized spacial score (nSPS) is 11.9. The molecular formula is C37H33N4O2P. The summed E-state index contributed by atoms with van der Waals surface area (Å²) >= 11 is 0. The van der Waals surface area contributed by atoms with Crippen LogP contribution in [0.2, 0.25) is 0 Å². The number of esters is 1. The molecule has 0 saturated carbocycles. The van der Waals surface area contributed by atoms with E-state index >= 15 is 0 Å². The summed E-state index contributed by atoms with van der Waals surface area (Å²) < 4.78 is 5.82. The van der Waals surface area contributed by atoms with Crippen LogP contribution in [0, 0.1) is 0 Å². The van der Waals surface area contributed by atoms with Gasteiger partial charge in [-0.2, -0.15) is 0 Å². The van der Waals surface area contributed by atoms with E-state index in [2.05, 4.69) is 95.2 Å². The van der Waals surface area contributed by atoms with Gasteiger partial charge < -0.3 is 4.74 Å². The minimum Gasteiger partial charge on any atom is -0.464 e. The first-order valence-electron chi connectivity index (χ1n) is 14.7. The zero-order valence-corrected chi connectivity index (χ0v) is 25.4. The highest BCUT2D eigenvalue weighted by molar-refractivity contribution is 7.95. The molecule has 0 aliphatic heterocycles. The van der Waals surface area contributed by atoms with Gasteiger partial charge in [-0.05, 0) is 46.1 Å². The van der Waals surface area contributed by atoms with Crippen LogP contribution in [0.4, 0.5) is 0 Å². The van der Waals surface area contributed by atoms with Crippen molar-refractivity contribution in [1.29, 1.82) is 0 Å². The summed E-state index contributed by atoms with van der Waals surface area (Å²) in [5.74, 6) is 0.100. The highest BCUT2D eigenvalue weighted by Gasteiger charge is 2.40. The lowest BCUT2D eigenvalue weighted by atomic mass is 10.1. The lowest BCUT2D eigenvalue weighted by Gasteiger charge is -2.35. The van der Waals surface area contributed by atoms with Gasteiger partial charge >= 0.3 is 5.97 Å². The average molecular weight is 597 g/mol. The second-order valence-corrected chi connectivity index (χ2v) is 13.6. The molecule has 218 valence electrons. The van der Waals surface area contributed by atoms with Gasteiger partial charge in [0, 0.05) is 11.7 Å². The van der Waals surface area contributed by atoms with Crippen molar-refractivity contribution in [3.05, 3.63) is 169 Å². The molecule has 1 atom stereocenters. The van der Waals surface area contributed by atoms with E-state index in [1.807, 2.05) is 73.7 Å². The summed E-state index contributed by atoms with van der Waals surface area (Å²) in [6.45, 7) is -0.716. The van der Waals surface area contributed by atoms with Gasteiger partial charge in [-0.15, -0.1) is 15.0 Å². The Morgan fingerprint density at radius 2 is 1.14 bits per heavy atom. The van der Waals surface area contributed by atoms with Gasteiger partial charge in [-0.25, -0.2) is 4.79 Å². The van der Waals surface area contributed by atoms with Gasteiger partial charge in [0.15, 0.2) is 11.9 Å². The Morgan fingerprint density at radius 3 is 1.61 bits per heavy atom. The average Bonchev–Trinajstić information content (AvgIpc) is 3.54. The fraction of sp³-hybridized carbons (Fsp3) is 0.108. The number of aromatic nitrogens is 4. The summed E-state index contributed by atoms with van der Waals surface area (Å²) in [4.78, 5) is 15.8. The fourth-order valence-electron chi connectivity index (χ4n) is 5.71. The van der Waals surface area contributed by atoms with Crippen LogP contribution in [0.15, 0.2) is 152 Å². The van der Waals surface area contributed by atoms with E-state index < -0.39 is 18.9 Å². The van der Waals surface area contributed by atoms with E-state index in [1.165, 1.54) is 4.80 Å². The third kappa shape index (κ3) is 5.77. The third-order valence-electron chi connectivity index (χ3n) is 7.54. The van der Waals surface area contributed by atoms with Gasteiger partial charge in [0.25, 0.3) is 0 Å². The Kier molecular flexibility index (Phi) is 8.90. The van der Waals surface area contributed by atoms with E-state index in [0.717, 1.165) is 32.3 Å².